The lowest BCUT2D eigenvalue weighted by atomic mass is 9.89. The third-order valence-electron chi connectivity index (χ3n) is 4.03. The summed E-state index contributed by atoms with van der Waals surface area (Å²) in [5.41, 5.74) is 3.85. The first-order chi connectivity index (χ1) is 11.1. The Kier molecular flexibility index (Phi) is 6.14. The Morgan fingerprint density at radius 3 is 2.48 bits per heavy atom. The summed E-state index contributed by atoms with van der Waals surface area (Å²) in [5.74, 6) is -0.179. The van der Waals surface area contributed by atoms with E-state index in [1.165, 1.54) is 6.42 Å². The minimum absolute atomic E-state index is 0.0405. The van der Waals surface area contributed by atoms with Crippen LogP contribution in [-0.2, 0) is 9.59 Å². The van der Waals surface area contributed by atoms with E-state index >= 15 is 0 Å². The zero-order valence-corrected chi connectivity index (χ0v) is 13.3. The highest BCUT2D eigenvalue weighted by Gasteiger charge is 2.21. The molecule has 1 aromatic carbocycles. The molecule has 1 saturated carbocycles. The molecule has 0 spiro atoms. The molecule has 0 unspecified atom stereocenters. The van der Waals surface area contributed by atoms with Crippen molar-refractivity contribution in [2.24, 2.45) is 11.0 Å². The van der Waals surface area contributed by atoms with Gasteiger partial charge in [-0.15, -0.1) is 0 Å². The molecule has 1 aromatic rings. The van der Waals surface area contributed by atoms with Crippen LogP contribution in [0.25, 0.3) is 0 Å². The Hall–Kier alpha value is -2.37. The van der Waals surface area contributed by atoms with Crippen molar-refractivity contribution >= 4 is 17.5 Å². The highest BCUT2D eigenvalue weighted by Crippen LogP contribution is 2.23. The maximum absolute atomic E-state index is 11.9. The van der Waals surface area contributed by atoms with Gasteiger partial charge in [0.1, 0.15) is 5.75 Å². The summed E-state index contributed by atoms with van der Waals surface area (Å²) < 4.78 is 0. The van der Waals surface area contributed by atoms with Crippen LogP contribution in [0.5, 0.6) is 5.75 Å². The van der Waals surface area contributed by atoms with Crippen LogP contribution in [0.15, 0.2) is 29.4 Å². The monoisotopic (exact) mass is 317 g/mol. The summed E-state index contributed by atoms with van der Waals surface area (Å²) >= 11 is 0. The van der Waals surface area contributed by atoms with Crippen LogP contribution in [0, 0.1) is 5.92 Å². The van der Waals surface area contributed by atoms with Crippen LogP contribution < -0.4 is 10.7 Å². The fourth-order valence-electron chi connectivity index (χ4n) is 2.63. The number of rotatable bonds is 5. The number of amides is 2. The van der Waals surface area contributed by atoms with Crippen LogP contribution in [0.3, 0.4) is 0 Å². The minimum atomic E-state index is -0.354. The lowest BCUT2D eigenvalue weighted by Gasteiger charge is -2.20. The summed E-state index contributed by atoms with van der Waals surface area (Å²) in [4.78, 5) is 23.7. The van der Waals surface area contributed by atoms with E-state index in [0.29, 0.717) is 5.71 Å². The number of nitrogens with one attached hydrogen (secondary N) is 2. The molecule has 0 heterocycles. The van der Waals surface area contributed by atoms with Gasteiger partial charge in [-0.05, 0) is 49.6 Å². The molecule has 0 atom stereocenters. The lowest BCUT2D eigenvalue weighted by Crippen LogP contribution is -2.39. The molecule has 6 heteroatoms. The van der Waals surface area contributed by atoms with Gasteiger partial charge in [-0.2, -0.15) is 5.10 Å². The van der Waals surface area contributed by atoms with E-state index in [0.717, 1.165) is 31.2 Å². The van der Waals surface area contributed by atoms with Crippen LogP contribution in [-0.4, -0.2) is 29.2 Å². The van der Waals surface area contributed by atoms with Gasteiger partial charge in [-0.1, -0.05) is 19.3 Å². The first-order valence-corrected chi connectivity index (χ1v) is 7.96. The number of hydrogen-bond donors (Lipinski definition) is 3. The molecule has 1 aliphatic rings. The lowest BCUT2D eigenvalue weighted by molar-refractivity contribution is -0.129. The number of phenols is 1. The molecule has 0 aromatic heterocycles. The van der Waals surface area contributed by atoms with Crippen molar-refractivity contribution in [3.63, 3.8) is 0 Å². The molecule has 0 radical (unpaired) electrons. The maximum atomic E-state index is 11.9. The molecule has 2 amide bonds. The quantitative estimate of drug-likeness (QED) is 0.572. The number of carbonyl (C=O) groups excluding carboxylic acids is 2. The molecule has 124 valence electrons. The van der Waals surface area contributed by atoms with Gasteiger partial charge in [0.25, 0.3) is 5.91 Å². The normalized spacial score (nSPS) is 16.0. The second-order valence-electron chi connectivity index (χ2n) is 5.83. The average Bonchev–Trinajstić information content (AvgIpc) is 2.59. The van der Waals surface area contributed by atoms with Crippen molar-refractivity contribution < 1.29 is 14.7 Å². The summed E-state index contributed by atoms with van der Waals surface area (Å²) in [6.45, 7) is 1.69. The molecule has 2 rings (SSSR count). The third-order valence-corrected chi connectivity index (χ3v) is 4.03. The number of hydrogen-bond acceptors (Lipinski definition) is 4. The number of aromatic hydroxyl groups is 1. The summed E-state index contributed by atoms with van der Waals surface area (Å²) in [7, 11) is 0. The average molecular weight is 317 g/mol. The van der Waals surface area contributed by atoms with E-state index < -0.39 is 0 Å². The van der Waals surface area contributed by atoms with Crippen molar-refractivity contribution in [2.45, 2.75) is 39.0 Å². The topological polar surface area (TPSA) is 90.8 Å². The Bertz CT molecular complexity index is 575. The smallest absolute Gasteiger partial charge is 0.259 e. The van der Waals surface area contributed by atoms with E-state index in [4.69, 9.17) is 0 Å². The molecule has 1 fully saturated rings. The third kappa shape index (κ3) is 5.39. The Labute approximate surface area is 136 Å². The first-order valence-electron chi connectivity index (χ1n) is 7.96. The molecule has 0 saturated heterocycles. The molecule has 3 N–H and O–H groups in total. The molecule has 6 nitrogen and oxygen atoms in total. The zero-order valence-electron chi connectivity index (χ0n) is 13.3. The van der Waals surface area contributed by atoms with Crippen molar-refractivity contribution in [2.75, 3.05) is 6.54 Å². The van der Waals surface area contributed by atoms with Gasteiger partial charge < -0.3 is 10.4 Å². The van der Waals surface area contributed by atoms with Crippen molar-refractivity contribution in [1.82, 2.24) is 10.7 Å². The van der Waals surface area contributed by atoms with E-state index in [-0.39, 0.29) is 30.0 Å². The minimum Gasteiger partial charge on any atom is -0.508 e. The molecular formula is C17H23N3O3. The molecule has 0 aliphatic heterocycles. The number of hydrazone groups is 1. The van der Waals surface area contributed by atoms with Gasteiger partial charge in [0, 0.05) is 5.92 Å². The first kappa shape index (κ1) is 17.0. The predicted octanol–water partition coefficient (Wildman–Crippen LogP) is 1.93. The summed E-state index contributed by atoms with van der Waals surface area (Å²) in [6.07, 6.45) is 5.17. The number of carbonyl (C=O) groups is 2. The largest absolute Gasteiger partial charge is 0.508 e. The zero-order chi connectivity index (χ0) is 16.7. The van der Waals surface area contributed by atoms with Gasteiger partial charge in [-0.25, -0.2) is 5.43 Å². The van der Waals surface area contributed by atoms with E-state index in [1.807, 2.05) is 0 Å². The molecular weight excluding hydrogens is 294 g/mol. The standard InChI is InChI=1S/C17H23N3O3/c1-12(13-7-9-15(21)10-8-13)19-20-16(22)11-18-17(23)14-5-3-2-4-6-14/h7-10,14,21H,2-6,11H2,1H3,(H,18,23)(H,20,22)/b19-12+. The second kappa shape index (κ2) is 8.31. The Balaban J connectivity index is 1.76. The fraction of sp³-hybridized carbons (Fsp3) is 0.471. The van der Waals surface area contributed by atoms with E-state index in [9.17, 15) is 14.7 Å². The van der Waals surface area contributed by atoms with Gasteiger partial charge in [0.15, 0.2) is 0 Å². The Morgan fingerprint density at radius 1 is 1.17 bits per heavy atom. The highest BCUT2D eigenvalue weighted by molar-refractivity contribution is 5.99. The number of phenolic OH excluding ortho intramolecular Hbond substituents is 1. The van der Waals surface area contributed by atoms with Gasteiger partial charge in [0.05, 0.1) is 12.3 Å². The van der Waals surface area contributed by atoms with Crippen molar-refractivity contribution in [1.29, 1.82) is 0 Å². The second-order valence-corrected chi connectivity index (χ2v) is 5.83. The van der Waals surface area contributed by atoms with Crippen molar-refractivity contribution in [3.8, 4) is 5.75 Å². The van der Waals surface area contributed by atoms with Gasteiger partial charge in [0.2, 0.25) is 5.91 Å². The van der Waals surface area contributed by atoms with Crippen molar-refractivity contribution in [3.05, 3.63) is 29.8 Å². The van der Waals surface area contributed by atoms with E-state index in [2.05, 4.69) is 15.8 Å². The molecule has 1 aliphatic carbocycles. The van der Waals surface area contributed by atoms with Crippen LogP contribution >= 0.6 is 0 Å². The molecule has 23 heavy (non-hydrogen) atoms. The van der Waals surface area contributed by atoms with Crippen LogP contribution in [0.4, 0.5) is 0 Å². The van der Waals surface area contributed by atoms with Gasteiger partial charge >= 0.3 is 0 Å². The summed E-state index contributed by atoms with van der Waals surface area (Å²) in [6, 6.07) is 6.54. The maximum Gasteiger partial charge on any atom is 0.259 e. The van der Waals surface area contributed by atoms with Crippen LogP contribution in [0.2, 0.25) is 0 Å². The molecule has 0 bridgehead atoms. The van der Waals surface area contributed by atoms with Crippen LogP contribution in [0.1, 0.15) is 44.6 Å². The van der Waals surface area contributed by atoms with Gasteiger partial charge in [-0.3, -0.25) is 9.59 Å². The number of benzene rings is 1. The SMILES string of the molecule is C/C(=N\NC(=O)CNC(=O)C1CCCCC1)c1ccc(O)cc1. The van der Waals surface area contributed by atoms with E-state index in [1.54, 1.807) is 31.2 Å². The fourth-order valence-corrected chi connectivity index (χ4v) is 2.63. The number of nitrogens with zero attached hydrogens (tertiary/aromatic N) is 1. The Morgan fingerprint density at radius 2 is 1.83 bits per heavy atom. The summed E-state index contributed by atoms with van der Waals surface area (Å²) in [5, 5.41) is 15.9. The predicted molar refractivity (Wildman–Crippen MR) is 88.0 cm³/mol. The highest BCUT2D eigenvalue weighted by atomic mass is 16.3.